The molecule has 6 aromatic carbocycles. The van der Waals surface area contributed by atoms with E-state index in [1.165, 1.54) is 32.0 Å². The third-order valence-electron chi connectivity index (χ3n) is 13.1. The van der Waals surface area contributed by atoms with Crippen LogP contribution in [0.4, 0.5) is 0 Å². The molecule has 0 spiro atoms. The minimum Gasteiger partial charge on any atom is -0.508 e. The van der Waals surface area contributed by atoms with Crippen LogP contribution in [0, 0.1) is 13.8 Å². The second-order valence-electron chi connectivity index (χ2n) is 16.8. The molecule has 0 amide bonds. The maximum atomic E-state index is 13.8. The predicted octanol–water partition coefficient (Wildman–Crippen LogP) is 12.6. The Hall–Kier alpha value is -7.40. The largest absolute Gasteiger partial charge is 0.508 e. The van der Waals surface area contributed by atoms with Gasteiger partial charge in [0, 0.05) is 52.9 Å². The van der Waals surface area contributed by atoms with Crippen molar-refractivity contribution in [3.8, 4) is 43.9 Å². The SMILES string of the molecule is Cc1sc(-c2ccc3c(c2)C(=O)OC3(c2ccc(O)cc2)c2ccc(O)cc2)cc1C1=C(c2cc(-c3ccc4c(c3)C(=O)OC4(c3ccc(O)cc3)c3ccc(O)cc3)sc2C)CCC1. The van der Waals surface area contributed by atoms with Crippen LogP contribution in [-0.2, 0) is 20.7 Å². The van der Waals surface area contributed by atoms with Crippen molar-refractivity contribution in [2.45, 2.75) is 44.3 Å². The van der Waals surface area contributed by atoms with E-state index in [1.54, 1.807) is 120 Å². The molecule has 2 aliphatic heterocycles. The van der Waals surface area contributed by atoms with Crippen LogP contribution in [0.2, 0.25) is 0 Å². The van der Waals surface area contributed by atoms with Crippen molar-refractivity contribution in [1.82, 2.24) is 0 Å². The van der Waals surface area contributed by atoms with Crippen molar-refractivity contribution < 1.29 is 39.5 Å². The average molecular weight is 893 g/mol. The van der Waals surface area contributed by atoms with E-state index < -0.39 is 23.1 Å². The van der Waals surface area contributed by atoms with E-state index in [1.807, 2.05) is 36.4 Å². The summed E-state index contributed by atoms with van der Waals surface area (Å²) < 4.78 is 12.6. The quantitative estimate of drug-likeness (QED) is 0.111. The minimum atomic E-state index is -1.26. The maximum Gasteiger partial charge on any atom is 0.340 e. The summed E-state index contributed by atoms with van der Waals surface area (Å²) in [5.41, 5.74) is 9.37. The van der Waals surface area contributed by atoms with Gasteiger partial charge in [0.1, 0.15) is 23.0 Å². The molecular weight excluding hydrogens is 853 g/mol. The number of phenolic OH excluding ortho intramolecular Hbond substituents is 4. The molecule has 4 N–H and O–H groups in total. The fraction of sp³-hybridized carbons (Fsp3) is 0.127. The number of aromatic hydroxyl groups is 4. The molecule has 10 heteroatoms. The van der Waals surface area contributed by atoms with E-state index in [-0.39, 0.29) is 23.0 Å². The van der Waals surface area contributed by atoms with Gasteiger partial charge in [0.2, 0.25) is 0 Å². The van der Waals surface area contributed by atoms with Gasteiger partial charge in [0.05, 0.1) is 11.1 Å². The lowest BCUT2D eigenvalue weighted by Crippen LogP contribution is -2.29. The number of cyclic esters (lactones) is 2. The number of ether oxygens (including phenoxy) is 2. The first-order valence-corrected chi connectivity index (χ1v) is 22.9. The lowest BCUT2D eigenvalue weighted by atomic mass is 9.79. The van der Waals surface area contributed by atoms with Gasteiger partial charge in [-0.1, -0.05) is 72.8 Å². The third-order valence-corrected chi connectivity index (χ3v) is 15.3. The summed E-state index contributed by atoms with van der Waals surface area (Å²) in [5.74, 6) is -0.495. The molecule has 0 unspecified atom stereocenters. The number of carbonyl (C=O) groups is 2. The van der Waals surface area contributed by atoms with Gasteiger partial charge in [0.15, 0.2) is 11.2 Å². The Morgan fingerprint density at radius 2 is 0.754 bits per heavy atom. The number of carbonyl (C=O) groups excluding carboxylic acids is 2. The van der Waals surface area contributed by atoms with Crippen LogP contribution in [-0.4, -0.2) is 32.4 Å². The van der Waals surface area contributed by atoms with E-state index >= 15 is 0 Å². The monoisotopic (exact) mass is 892 g/mol. The van der Waals surface area contributed by atoms with Gasteiger partial charge >= 0.3 is 11.9 Å². The zero-order valence-electron chi connectivity index (χ0n) is 35.2. The standard InChI is InChI=1S/C55H40O8S2/c1-30-44(28-50(64-30)32-6-24-48-46(26-32)52(60)62-54(48,34-8-16-38(56)17-9-34)35-10-18-39(57)19-11-35)42-4-3-5-43(42)45-29-51(65-31(45)2)33-7-25-49-47(27-33)53(61)63-55(49,36-12-20-40(58)21-13-36)37-14-22-41(59)23-15-37/h6-29,56-59H,3-5H2,1-2H3. The highest BCUT2D eigenvalue weighted by atomic mass is 32.1. The molecule has 0 bridgehead atoms. The van der Waals surface area contributed by atoms with Crippen molar-refractivity contribution in [1.29, 1.82) is 0 Å². The zero-order valence-corrected chi connectivity index (χ0v) is 36.8. The van der Waals surface area contributed by atoms with Gasteiger partial charge in [0.25, 0.3) is 0 Å². The molecule has 0 saturated carbocycles. The number of rotatable bonds is 8. The van der Waals surface area contributed by atoms with Crippen LogP contribution in [0.3, 0.4) is 0 Å². The predicted molar refractivity (Wildman–Crippen MR) is 253 cm³/mol. The highest BCUT2D eigenvalue weighted by Crippen LogP contribution is 2.52. The number of allylic oxidation sites excluding steroid dienone is 2. The Balaban J connectivity index is 0.937. The first kappa shape index (κ1) is 40.4. The maximum absolute atomic E-state index is 13.8. The smallest absolute Gasteiger partial charge is 0.340 e. The van der Waals surface area contributed by atoms with E-state index in [9.17, 15) is 30.0 Å². The molecule has 320 valence electrons. The van der Waals surface area contributed by atoms with Crippen LogP contribution in [0.25, 0.3) is 32.0 Å². The van der Waals surface area contributed by atoms with Crippen molar-refractivity contribution in [3.05, 3.63) is 211 Å². The molecule has 8 nitrogen and oxygen atoms in total. The summed E-state index contributed by atoms with van der Waals surface area (Å²) in [6, 6.07) is 43.0. The van der Waals surface area contributed by atoms with Crippen molar-refractivity contribution in [2.24, 2.45) is 0 Å². The highest BCUT2D eigenvalue weighted by molar-refractivity contribution is 7.16. The number of aryl methyl sites for hydroxylation is 2. The van der Waals surface area contributed by atoms with E-state index in [0.29, 0.717) is 44.5 Å². The van der Waals surface area contributed by atoms with Crippen LogP contribution in [0.15, 0.2) is 146 Å². The number of esters is 2. The van der Waals surface area contributed by atoms with Gasteiger partial charge in [-0.3, -0.25) is 0 Å². The second-order valence-corrected chi connectivity index (χ2v) is 19.3. The van der Waals surface area contributed by atoms with Gasteiger partial charge in [-0.05, 0) is 139 Å². The van der Waals surface area contributed by atoms with Crippen LogP contribution < -0.4 is 0 Å². The molecule has 1 aliphatic carbocycles. The molecule has 65 heavy (non-hydrogen) atoms. The Bertz CT molecular complexity index is 2950. The molecule has 2 aromatic heterocycles. The normalized spacial score (nSPS) is 15.8. The van der Waals surface area contributed by atoms with Crippen molar-refractivity contribution >= 4 is 45.8 Å². The number of benzene rings is 6. The number of fused-ring (bicyclic) bond motifs is 2. The molecule has 4 heterocycles. The molecule has 0 radical (unpaired) electrons. The average Bonchev–Trinajstić information content (AvgIpc) is 4.14. The fourth-order valence-electron chi connectivity index (χ4n) is 10.0. The number of thiophene rings is 2. The summed E-state index contributed by atoms with van der Waals surface area (Å²) in [4.78, 5) is 32.1. The summed E-state index contributed by atoms with van der Waals surface area (Å²) >= 11 is 3.40. The molecule has 3 aliphatic rings. The topological polar surface area (TPSA) is 134 Å². The Morgan fingerprint density at radius 1 is 0.431 bits per heavy atom. The number of hydrogen-bond donors (Lipinski definition) is 4. The lowest BCUT2D eigenvalue weighted by molar-refractivity contribution is 0.0242. The van der Waals surface area contributed by atoms with Crippen LogP contribution in [0.1, 0.15) is 94.2 Å². The number of hydrogen-bond acceptors (Lipinski definition) is 10. The summed E-state index contributed by atoms with van der Waals surface area (Å²) in [6.07, 6.45) is 2.91. The van der Waals surface area contributed by atoms with Crippen molar-refractivity contribution in [2.75, 3.05) is 0 Å². The zero-order chi connectivity index (χ0) is 44.8. The van der Waals surface area contributed by atoms with Crippen molar-refractivity contribution in [3.63, 3.8) is 0 Å². The summed E-state index contributed by atoms with van der Waals surface area (Å²) in [7, 11) is 0. The molecule has 0 atom stereocenters. The summed E-state index contributed by atoms with van der Waals surface area (Å²) in [6.45, 7) is 4.31. The first-order chi connectivity index (χ1) is 31.4. The van der Waals surface area contributed by atoms with Gasteiger partial charge in [-0.25, -0.2) is 9.59 Å². The molecule has 0 fully saturated rings. The molecular formula is C55H40O8S2. The van der Waals surface area contributed by atoms with Gasteiger partial charge < -0.3 is 29.9 Å². The van der Waals surface area contributed by atoms with E-state index in [4.69, 9.17) is 9.47 Å². The number of phenols is 4. The van der Waals surface area contributed by atoms with Crippen LogP contribution in [0.5, 0.6) is 23.0 Å². The first-order valence-electron chi connectivity index (χ1n) is 21.3. The Kier molecular flexibility index (Phi) is 9.39. The van der Waals surface area contributed by atoms with Gasteiger partial charge in [-0.15, -0.1) is 22.7 Å². The van der Waals surface area contributed by atoms with E-state index in [0.717, 1.165) is 40.1 Å². The van der Waals surface area contributed by atoms with Crippen LogP contribution >= 0.6 is 22.7 Å². The second kappa shape index (κ2) is 15.1. The lowest BCUT2D eigenvalue weighted by Gasteiger charge is -2.30. The highest BCUT2D eigenvalue weighted by Gasteiger charge is 2.50. The third kappa shape index (κ3) is 6.38. The Labute approximate surface area is 382 Å². The van der Waals surface area contributed by atoms with E-state index in [2.05, 4.69) is 26.0 Å². The Morgan fingerprint density at radius 3 is 1.08 bits per heavy atom. The molecule has 11 rings (SSSR count). The summed E-state index contributed by atoms with van der Waals surface area (Å²) in [5, 5.41) is 40.4. The molecule has 8 aromatic rings. The van der Waals surface area contributed by atoms with Gasteiger partial charge in [-0.2, -0.15) is 0 Å². The fourth-order valence-corrected chi connectivity index (χ4v) is 12.1. The minimum absolute atomic E-state index is 0.101. The molecule has 0 saturated heterocycles.